The maximum Gasteiger partial charge on any atom is 0.255 e. The average Bonchev–Trinajstić information content (AvgIpc) is 3.08. The molecule has 3 aromatic rings. The molecule has 0 saturated carbocycles. The van der Waals surface area contributed by atoms with Crippen LogP contribution in [-0.4, -0.2) is 51.2 Å². The van der Waals surface area contributed by atoms with Gasteiger partial charge in [0, 0.05) is 48.5 Å². The lowest BCUT2D eigenvalue weighted by molar-refractivity contribution is 0.402. The van der Waals surface area contributed by atoms with E-state index in [0.29, 0.717) is 17.9 Å². The number of aryl methyl sites for hydroxylation is 1. The van der Waals surface area contributed by atoms with Gasteiger partial charge in [-0.2, -0.15) is 11.8 Å². The number of nitrogens with one attached hydrogen (secondary N) is 3. The van der Waals surface area contributed by atoms with E-state index >= 15 is 0 Å². The first-order chi connectivity index (χ1) is 14.0. The molecule has 0 atom stereocenters. The minimum absolute atomic E-state index is 0.0969. The molecule has 29 heavy (non-hydrogen) atoms. The van der Waals surface area contributed by atoms with Crippen LogP contribution in [0.25, 0.3) is 0 Å². The molecule has 3 rings (SSSR count). The first-order valence-electron chi connectivity index (χ1n) is 9.62. The fraction of sp³-hybridized carbons (Fsp3) is 0.381. The molecule has 0 aliphatic heterocycles. The van der Waals surface area contributed by atoms with Crippen molar-refractivity contribution in [3.05, 3.63) is 75.2 Å². The normalized spacial score (nSPS) is 11.2. The molecule has 0 bridgehead atoms. The molecular weight excluding hydrogens is 384 g/mol. The predicted octanol–water partition coefficient (Wildman–Crippen LogP) is 2.80. The summed E-state index contributed by atoms with van der Waals surface area (Å²) in [6.07, 6.45) is 3.96. The van der Waals surface area contributed by atoms with E-state index in [2.05, 4.69) is 42.3 Å². The number of rotatable bonds is 10. The van der Waals surface area contributed by atoms with Crippen molar-refractivity contribution >= 4 is 17.7 Å². The van der Waals surface area contributed by atoms with E-state index in [-0.39, 0.29) is 5.56 Å². The van der Waals surface area contributed by atoms with Gasteiger partial charge in [0.2, 0.25) is 5.95 Å². The molecule has 0 fully saturated rings. The molecule has 1 aromatic carbocycles. The molecule has 7 nitrogen and oxygen atoms in total. The van der Waals surface area contributed by atoms with Crippen LogP contribution in [0.2, 0.25) is 0 Å². The number of benzene rings is 1. The first kappa shape index (κ1) is 21.1. The van der Waals surface area contributed by atoms with E-state index in [1.165, 1.54) is 5.56 Å². The van der Waals surface area contributed by atoms with Crippen molar-refractivity contribution in [1.29, 1.82) is 0 Å². The number of aromatic nitrogens is 4. The van der Waals surface area contributed by atoms with Crippen LogP contribution in [0.1, 0.15) is 28.1 Å². The summed E-state index contributed by atoms with van der Waals surface area (Å²) in [5.74, 6) is 2.28. The van der Waals surface area contributed by atoms with Crippen molar-refractivity contribution in [3.8, 4) is 0 Å². The number of thioether (sulfide) groups is 1. The van der Waals surface area contributed by atoms with Gasteiger partial charge in [-0.15, -0.1) is 0 Å². The fourth-order valence-electron chi connectivity index (χ4n) is 3.00. The van der Waals surface area contributed by atoms with Gasteiger partial charge in [0.15, 0.2) is 0 Å². The standard InChI is InChI=1S/C21H28N6OS/c1-15-19(25-14-24-15)13-29-8-7-22-21-23-11-18(20(28)26-21)10-16-5-4-6-17(9-16)12-27(2)3/h4-6,9,11,14H,7-8,10,12-13H2,1-3H3,(H,24,25)(H2,22,23,26,28). The second-order valence-corrected chi connectivity index (χ2v) is 8.38. The zero-order valence-corrected chi connectivity index (χ0v) is 18.0. The molecule has 8 heteroatoms. The van der Waals surface area contributed by atoms with Gasteiger partial charge in [0.1, 0.15) is 0 Å². The van der Waals surface area contributed by atoms with Crippen molar-refractivity contribution in [2.24, 2.45) is 0 Å². The van der Waals surface area contributed by atoms with Crippen LogP contribution in [0.15, 0.2) is 41.6 Å². The summed E-state index contributed by atoms with van der Waals surface area (Å²) >= 11 is 1.79. The van der Waals surface area contributed by atoms with Gasteiger partial charge in [-0.25, -0.2) is 9.97 Å². The van der Waals surface area contributed by atoms with Crippen molar-refractivity contribution in [3.63, 3.8) is 0 Å². The van der Waals surface area contributed by atoms with Crippen molar-refractivity contribution in [2.45, 2.75) is 25.6 Å². The second-order valence-electron chi connectivity index (χ2n) is 7.27. The summed E-state index contributed by atoms with van der Waals surface area (Å²) in [5, 5.41) is 3.18. The van der Waals surface area contributed by atoms with Crippen LogP contribution in [0.3, 0.4) is 0 Å². The summed E-state index contributed by atoms with van der Waals surface area (Å²) in [6, 6.07) is 8.32. The molecule has 0 radical (unpaired) electrons. The van der Waals surface area contributed by atoms with Gasteiger partial charge in [-0.05, 0) is 32.1 Å². The number of nitrogens with zero attached hydrogens (tertiary/aromatic N) is 3. The van der Waals surface area contributed by atoms with Crippen LogP contribution in [0.5, 0.6) is 0 Å². The number of imidazole rings is 1. The van der Waals surface area contributed by atoms with Crippen LogP contribution < -0.4 is 10.9 Å². The Bertz CT molecular complexity index is 981. The topological polar surface area (TPSA) is 89.7 Å². The molecule has 3 N–H and O–H groups in total. The third-order valence-corrected chi connectivity index (χ3v) is 5.44. The monoisotopic (exact) mass is 412 g/mol. The Morgan fingerprint density at radius 2 is 2.03 bits per heavy atom. The highest BCUT2D eigenvalue weighted by atomic mass is 32.2. The molecule has 0 aliphatic carbocycles. The first-order valence-corrected chi connectivity index (χ1v) is 10.8. The number of anilines is 1. The molecular formula is C21H28N6OS. The number of aromatic amines is 2. The number of H-pyrrole nitrogens is 2. The van der Waals surface area contributed by atoms with Gasteiger partial charge in [-0.1, -0.05) is 24.3 Å². The van der Waals surface area contributed by atoms with Crippen LogP contribution in [0, 0.1) is 6.92 Å². The molecule has 2 aromatic heterocycles. The Balaban J connectivity index is 1.49. The molecule has 0 spiro atoms. The van der Waals surface area contributed by atoms with E-state index in [9.17, 15) is 4.79 Å². The molecule has 0 unspecified atom stereocenters. The molecule has 0 saturated heterocycles. The highest BCUT2D eigenvalue weighted by molar-refractivity contribution is 7.98. The summed E-state index contributed by atoms with van der Waals surface area (Å²) in [7, 11) is 4.09. The Morgan fingerprint density at radius 1 is 1.21 bits per heavy atom. The molecule has 0 aliphatic rings. The largest absolute Gasteiger partial charge is 0.355 e. The summed E-state index contributed by atoms with van der Waals surface area (Å²) in [5.41, 5.74) is 5.11. The van der Waals surface area contributed by atoms with Crippen LogP contribution >= 0.6 is 11.8 Å². The summed E-state index contributed by atoms with van der Waals surface area (Å²) in [6.45, 7) is 3.63. The lowest BCUT2D eigenvalue weighted by Crippen LogP contribution is -2.18. The van der Waals surface area contributed by atoms with E-state index in [1.54, 1.807) is 24.3 Å². The molecule has 154 valence electrons. The minimum Gasteiger partial charge on any atom is -0.355 e. The Labute approximate surface area is 175 Å². The van der Waals surface area contributed by atoms with Crippen molar-refractivity contribution in [2.75, 3.05) is 31.7 Å². The van der Waals surface area contributed by atoms with Gasteiger partial charge in [0.25, 0.3) is 5.56 Å². The minimum atomic E-state index is -0.0969. The quantitative estimate of drug-likeness (QED) is 0.444. The highest BCUT2D eigenvalue weighted by Gasteiger charge is 2.06. The average molecular weight is 413 g/mol. The Hall–Kier alpha value is -2.58. The number of hydrogen-bond acceptors (Lipinski definition) is 6. The SMILES string of the molecule is Cc1[nH]cnc1CSCCNc1ncc(Cc2cccc(CN(C)C)c2)c(=O)[nH]1. The smallest absolute Gasteiger partial charge is 0.255 e. The third kappa shape index (κ3) is 6.47. The second kappa shape index (κ2) is 10.3. The predicted molar refractivity (Wildman–Crippen MR) is 119 cm³/mol. The highest BCUT2D eigenvalue weighted by Crippen LogP contribution is 2.13. The summed E-state index contributed by atoms with van der Waals surface area (Å²) in [4.78, 5) is 29.1. The van der Waals surface area contributed by atoms with Crippen molar-refractivity contribution < 1.29 is 0 Å². The van der Waals surface area contributed by atoms with Crippen molar-refractivity contribution in [1.82, 2.24) is 24.8 Å². The van der Waals surface area contributed by atoms with E-state index in [1.807, 2.05) is 33.2 Å². The zero-order chi connectivity index (χ0) is 20.6. The lowest BCUT2D eigenvalue weighted by atomic mass is 10.0. The van der Waals surface area contributed by atoms with E-state index < -0.39 is 0 Å². The van der Waals surface area contributed by atoms with Gasteiger partial charge in [0.05, 0.1) is 12.0 Å². The Kier molecular flexibility index (Phi) is 7.48. The maximum atomic E-state index is 12.4. The zero-order valence-electron chi connectivity index (χ0n) is 17.2. The lowest BCUT2D eigenvalue weighted by Gasteiger charge is -2.11. The van der Waals surface area contributed by atoms with Crippen LogP contribution in [-0.2, 0) is 18.7 Å². The van der Waals surface area contributed by atoms with Gasteiger partial charge < -0.3 is 15.2 Å². The molecule has 0 amide bonds. The Morgan fingerprint density at radius 3 is 2.76 bits per heavy atom. The maximum absolute atomic E-state index is 12.4. The van der Waals surface area contributed by atoms with E-state index in [4.69, 9.17) is 0 Å². The van der Waals surface area contributed by atoms with Crippen LogP contribution in [0.4, 0.5) is 5.95 Å². The summed E-state index contributed by atoms with van der Waals surface area (Å²) < 4.78 is 0. The fourth-order valence-corrected chi connectivity index (χ4v) is 3.88. The van der Waals surface area contributed by atoms with Gasteiger partial charge in [-0.3, -0.25) is 9.78 Å². The number of hydrogen-bond donors (Lipinski definition) is 3. The van der Waals surface area contributed by atoms with Gasteiger partial charge >= 0.3 is 0 Å². The molecule has 2 heterocycles. The third-order valence-electron chi connectivity index (χ3n) is 4.47. The van der Waals surface area contributed by atoms with E-state index in [0.717, 1.165) is 41.5 Å².